The van der Waals surface area contributed by atoms with Gasteiger partial charge < -0.3 is 14.6 Å². The molecular weight excluding hydrogens is 386 g/mol. The number of aliphatic carboxylic acids is 1. The SMILES string of the molecule is CCOc1ccc(C=C2SC(=S)N(C(C(=O)O)C(C)CC)C2=O)cc1OC. The lowest BCUT2D eigenvalue weighted by molar-refractivity contribution is -0.147. The van der Waals surface area contributed by atoms with Crippen LogP contribution in [0.4, 0.5) is 0 Å². The molecule has 1 saturated heterocycles. The number of nitrogens with zero attached hydrogens (tertiary/aromatic N) is 1. The van der Waals surface area contributed by atoms with E-state index in [-0.39, 0.29) is 16.1 Å². The predicted octanol–water partition coefficient (Wildman–Crippen LogP) is 3.79. The summed E-state index contributed by atoms with van der Waals surface area (Å²) >= 11 is 6.41. The molecule has 1 amide bonds. The number of carbonyl (C=O) groups excluding carboxylic acids is 1. The zero-order valence-electron chi connectivity index (χ0n) is 15.7. The van der Waals surface area contributed by atoms with Crippen LogP contribution >= 0.6 is 24.0 Å². The van der Waals surface area contributed by atoms with Crippen LogP contribution in [0.15, 0.2) is 23.1 Å². The number of hydrogen-bond acceptors (Lipinski definition) is 6. The lowest BCUT2D eigenvalue weighted by Crippen LogP contribution is -2.47. The molecule has 2 rings (SSSR count). The maximum absolute atomic E-state index is 12.8. The van der Waals surface area contributed by atoms with E-state index in [4.69, 9.17) is 21.7 Å². The Hall–Kier alpha value is -2.06. The highest BCUT2D eigenvalue weighted by atomic mass is 32.2. The second kappa shape index (κ2) is 9.23. The van der Waals surface area contributed by atoms with Crippen molar-refractivity contribution in [2.24, 2.45) is 5.92 Å². The van der Waals surface area contributed by atoms with Gasteiger partial charge in [0, 0.05) is 0 Å². The highest BCUT2D eigenvalue weighted by Gasteiger charge is 2.42. The highest BCUT2D eigenvalue weighted by Crippen LogP contribution is 2.37. The van der Waals surface area contributed by atoms with Gasteiger partial charge in [0.25, 0.3) is 5.91 Å². The summed E-state index contributed by atoms with van der Waals surface area (Å²) in [4.78, 5) is 26.2. The number of carboxylic acid groups (broad SMARTS) is 1. The minimum Gasteiger partial charge on any atom is -0.493 e. The van der Waals surface area contributed by atoms with Gasteiger partial charge in [-0.25, -0.2) is 4.79 Å². The molecule has 2 atom stereocenters. The fourth-order valence-electron chi connectivity index (χ4n) is 2.75. The lowest BCUT2D eigenvalue weighted by atomic mass is 9.98. The fraction of sp³-hybridized carbons (Fsp3) is 0.421. The van der Waals surface area contributed by atoms with Crippen molar-refractivity contribution < 1.29 is 24.2 Å². The lowest BCUT2D eigenvalue weighted by Gasteiger charge is -2.27. The van der Waals surface area contributed by atoms with E-state index in [9.17, 15) is 14.7 Å². The molecule has 146 valence electrons. The zero-order valence-corrected chi connectivity index (χ0v) is 17.4. The first-order valence-corrected chi connectivity index (χ1v) is 9.87. The number of thiocarbonyl (C=S) groups is 1. The Labute approximate surface area is 168 Å². The molecule has 0 spiro atoms. The quantitative estimate of drug-likeness (QED) is 0.517. The molecule has 1 aliphatic rings. The molecule has 0 saturated carbocycles. The normalized spacial score (nSPS) is 17.9. The molecule has 0 aliphatic carbocycles. The monoisotopic (exact) mass is 409 g/mol. The second-order valence-electron chi connectivity index (χ2n) is 6.06. The van der Waals surface area contributed by atoms with Gasteiger partial charge in [-0.2, -0.15) is 0 Å². The summed E-state index contributed by atoms with van der Waals surface area (Å²) in [6.07, 6.45) is 2.32. The smallest absolute Gasteiger partial charge is 0.327 e. The topological polar surface area (TPSA) is 76.1 Å². The predicted molar refractivity (Wildman–Crippen MR) is 110 cm³/mol. The third-order valence-corrected chi connectivity index (χ3v) is 5.65. The molecule has 1 aromatic carbocycles. The Morgan fingerprint density at radius 2 is 2.07 bits per heavy atom. The Balaban J connectivity index is 2.34. The first-order valence-electron chi connectivity index (χ1n) is 8.64. The average molecular weight is 410 g/mol. The third-order valence-electron chi connectivity index (χ3n) is 4.32. The first kappa shape index (κ1) is 21.2. The molecule has 1 fully saturated rings. The van der Waals surface area contributed by atoms with Crippen LogP contribution in [0.5, 0.6) is 11.5 Å². The van der Waals surface area contributed by atoms with Crippen LogP contribution < -0.4 is 9.47 Å². The van der Waals surface area contributed by atoms with Crippen molar-refractivity contribution in [1.29, 1.82) is 0 Å². The van der Waals surface area contributed by atoms with Crippen LogP contribution in [0.25, 0.3) is 6.08 Å². The molecule has 8 heteroatoms. The van der Waals surface area contributed by atoms with E-state index in [0.29, 0.717) is 29.4 Å². The van der Waals surface area contributed by atoms with Crippen molar-refractivity contribution in [2.45, 2.75) is 33.2 Å². The van der Waals surface area contributed by atoms with Crippen molar-refractivity contribution in [2.75, 3.05) is 13.7 Å². The van der Waals surface area contributed by atoms with Crippen molar-refractivity contribution in [3.63, 3.8) is 0 Å². The standard InChI is InChI=1S/C19H23NO5S2/c1-5-11(3)16(18(22)23)20-17(21)15(27-19(20)26)10-12-7-8-13(25-6-2)14(9-12)24-4/h7-11,16H,5-6H2,1-4H3,(H,22,23). The summed E-state index contributed by atoms with van der Waals surface area (Å²) in [7, 11) is 1.55. The molecule has 1 N–H and O–H groups in total. The molecule has 1 aromatic rings. The van der Waals surface area contributed by atoms with E-state index in [0.717, 1.165) is 17.3 Å². The molecule has 1 aliphatic heterocycles. The third kappa shape index (κ3) is 4.62. The van der Waals surface area contributed by atoms with Gasteiger partial charge in [-0.3, -0.25) is 9.69 Å². The van der Waals surface area contributed by atoms with Gasteiger partial charge >= 0.3 is 5.97 Å². The van der Waals surface area contributed by atoms with E-state index >= 15 is 0 Å². The molecule has 0 bridgehead atoms. The number of amides is 1. The minimum absolute atomic E-state index is 0.213. The number of thioether (sulfide) groups is 1. The summed E-state index contributed by atoms with van der Waals surface area (Å²) in [6.45, 7) is 6.09. The number of carboxylic acids is 1. The first-order chi connectivity index (χ1) is 12.8. The van der Waals surface area contributed by atoms with Gasteiger partial charge in [0.05, 0.1) is 18.6 Å². The summed E-state index contributed by atoms with van der Waals surface area (Å²) in [6, 6.07) is 4.38. The molecule has 0 radical (unpaired) electrons. The van der Waals surface area contributed by atoms with Gasteiger partial charge in [-0.15, -0.1) is 0 Å². The van der Waals surface area contributed by atoms with Gasteiger partial charge in [-0.1, -0.05) is 50.3 Å². The number of carbonyl (C=O) groups is 2. The largest absolute Gasteiger partial charge is 0.493 e. The maximum atomic E-state index is 12.8. The zero-order chi connectivity index (χ0) is 20.1. The van der Waals surface area contributed by atoms with E-state index in [1.807, 2.05) is 19.9 Å². The molecule has 0 aromatic heterocycles. The molecule has 2 unspecified atom stereocenters. The van der Waals surface area contributed by atoms with Crippen molar-refractivity contribution in [3.8, 4) is 11.5 Å². The maximum Gasteiger partial charge on any atom is 0.327 e. The summed E-state index contributed by atoms with van der Waals surface area (Å²) < 4.78 is 11.1. The van der Waals surface area contributed by atoms with Gasteiger partial charge in [0.15, 0.2) is 11.5 Å². The Kier molecular flexibility index (Phi) is 7.26. The van der Waals surface area contributed by atoms with Gasteiger partial charge in [0.2, 0.25) is 0 Å². The molecule has 6 nitrogen and oxygen atoms in total. The van der Waals surface area contributed by atoms with E-state index < -0.39 is 12.0 Å². The number of rotatable bonds is 8. The summed E-state index contributed by atoms with van der Waals surface area (Å²) in [5.41, 5.74) is 0.742. The van der Waals surface area contributed by atoms with Crippen LogP contribution in [0.2, 0.25) is 0 Å². The molecular formula is C19H23NO5S2. The van der Waals surface area contributed by atoms with Crippen LogP contribution in [-0.4, -0.2) is 46.0 Å². The Bertz CT molecular complexity index is 777. The summed E-state index contributed by atoms with van der Waals surface area (Å²) in [5, 5.41) is 9.58. The fourth-order valence-corrected chi connectivity index (χ4v) is 4.08. The molecule has 27 heavy (non-hydrogen) atoms. The van der Waals surface area contributed by atoms with Crippen LogP contribution in [-0.2, 0) is 9.59 Å². The Morgan fingerprint density at radius 3 is 2.63 bits per heavy atom. The van der Waals surface area contributed by atoms with E-state index in [1.54, 1.807) is 32.2 Å². The number of methoxy groups -OCH3 is 1. The number of hydrogen-bond donors (Lipinski definition) is 1. The van der Waals surface area contributed by atoms with Crippen molar-refractivity contribution >= 4 is 46.3 Å². The summed E-state index contributed by atoms with van der Waals surface area (Å²) in [5.74, 6) is -0.471. The van der Waals surface area contributed by atoms with Crippen LogP contribution in [0, 0.1) is 5.92 Å². The average Bonchev–Trinajstić information content (AvgIpc) is 2.90. The van der Waals surface area contributed by atoms with Gasteiger partial charge in [-0.05, 0) is 36.6 Å². The molecule has 1 heterocycles. The van der Waals surface area contributed by atoms with Crippen LogP contribution in [0.3, 0.4) is 0 Å². The highest BCUT2D eigenvalue weighted by molar-refractivity contribution is 8.26. The van der Waals surface area contributed by atoms with Crippen LogP contribution in [0.1, 0.15) is 32.8 Å². The number of benzene rings is 1. The Morgan fingerprint density at radius 1 is 1.37 bits per heavy atom. The van der Waals surface area contributed by atoms with E-state index in [1.165, 1.54) is 4.90 Å². The minimum atomic E-state index is -1.05. The van der Waals surface area contributed by atoms with Crippen molar-refractivity contribution in [3.05, 3.63) is 28.7 Å². The van der Waals surface area contributed by atoms with Crippen molar-refractivity contribution in [1.82, 2.24) is 4.90 Å². The number of ether oxygens (including phenoxy) is 2. The second-order valence-corrected chi connectivity index (χ2v) is 7.74. The van der Waals surface area contributed by atoms with Gasteiger partial charge in [0.1, 0.15) is 10.4 Å². The van der Waals surface area contributed by atoms with E-state index in [2.05, 4.69) is 0 Å².